The summed E-state index contributed by atoms with van der Waals surface area (Å²) in [6, 6.07) is 3.74. The highest BCUT2D eigenvalue weighted by Gasteiger charge is 2.26. The van der Waals surface area contributed by atoms with Gasteiger partial charge in [0.05, 0.1) is 6.26 Å². The predicted octanol–water partition coefficient (Wildman–Crippen LogP) is 0.282. The van der Waals surface area contributed by atoms with E-state index in [9.17, 15) is 9.59 Å². The molecule has 1 aromatic rings. The van der Waals surface area contributed by atoms with Crippen molar-refractivity contribution in [1.82, 2.24) is 20.4 Å². The number of guanidine groups is 1. The fourth-order valence-electron chi connectivity index (χ4n) is 2.75. The van der Waals surface area contributed by atoms with Gasteiger partial charge in [0.25, 0.3) is 5.91 Å². The first-order chi connectivity index (χ1) is 12.2. The largest absolute Gasteiger partial charge is 0.459 e. The molecule has 3 rings (SSSR count). The number of furan rings is 1. The van der Waals surface area contributed by atoms with Gasteiger partial charge in [-0.05, 0) is 31.9 Å². The van der Waals surface area contributed by atoms with Crippen molar-refractivity contribution < 1.29 is 14.0 Å². The highest BCUT2D eigenvalue weighted by atomic mass is 16.3. The first kappa shape index (κ1) is 17.3. The monoisotopic (exact) mass is 347 g/mol. The molecule has 136 valence electrons. The number of rotatable bonds is 5. The molecular weight excluding hydrogens is 322 g/mol. The van der Waals surface area contributed by atoms with E-state index in [4.69, 9.17) is 4.42 Å². The zero-order valence-corrected chi connectivity index (χ0v) is 14.5. The third-order valence-corrected chi connectivity index (χ3v) is 4.25. The van der Waals surface area contributed by atoms with Gasteiger partial charge in [0, 0.05) is 38.8 Å². The molecule has 1 aromatic heterocycles. The summed E-state index contributed by atoms with van der Waals surface area (Å²) in [4.78, 5) is 32.4. The zero-order chi connectivity index (χ0) is 17.6. The molecule has 0 spiro atoms. The number of nitrogens with zero attached hydrogens (tertiary/aromatic N) is 3. The molecule has 2 amide bonds. The van der Waals surface area contributed by atoms with Gasteiger partial charge in [0.15, 0.2) is 11.7 Å². The molecule has 0 radical (unpaired) electrons. The second-order valence-electron chi connectivity index (χ2n) is 6.27. The lowest BCUT2D eigenvalue weighted by molar-refractivity contribution is -0.119. The minimum Gasteiger partial charge on any atom is -0.459 e. The lowest BCUT2D eigenvalue weighted by Gasteiger charge is -2.36. The molecule has 8 nitrogen and oxygen atoms in total. The molecule has 25 heavy (non-hydrogen) atoms. The van der Waals surface area contributed by atoms with E-state index in [0.29, 0.717) is 38.0 Å². The first-order valence-corrected chi connectivity index (χ1v) is 8.82. The molecular formula is C17H25N5O3. The number of nitrogens with one attached hydrogen (secondary N) is 2. The van der Waals surface area contributed by atoms with Gasteiger partial charge in [-0.2, -0.15) is 0 Å². The Kier molecular flexibility index (Phi) is 5.57. The molecule has 2 heterocycles. The molecule has 0 atom stereocenters. The maximum Gasteiger partial charge on any atom is 0.289 e. The van der Waals surface area contributed by atoms with Crippen molar-refractivity contribution in [1.29, 1.82) is 0 Å². The van der Waals surface area contributed by atoms with Gasteiger partial charge in [0.1, 0.15) is 6.54 Å². The van der Waals surface area contributed by atoms with Gasteiger partial charge in [0.2, 0.25) is 5.91 Å². The molecule has 2 fully saturated rings. The average Bonchev–Trinajstić information content (AvgIpc) is 3.26. The minimum atomic E-state index is -0.0876. The minimum absolute atomic E-state index is 0.0375. The Morgan fingerprint density at radius 1 is 1.24 bits per heavy atom. The Morgan fingerprint density at radius 2 is 1.96 bits per heavy atom. The molecule has 0 aromatic carbocycles. The highest BCUT2D eigenvalue weighted by Crippen LogP contribution is 2.18. The molecule has 2 aliphatic rings. The third kappa shape index (κ3) is 4.74. The fourth-order valence-corrected chi connectivity index (χ4v) is 2.75. The van der Waals surface area contributed by atoms with Crippen LogP contribution in [0.2, 0.25) is 0 Å². The van der Waals surface area contributed by atoms with Crippen LogP contribution in [0.5, 0.6) is 0 Å². The van der Waals surface area contributed by atoms with Crippen LogP contribution in [0.15, 0.2) is 27.8 Å². The maximum absolute atomic E-state index is 12.3. The number of amides is 2. The molecule has 1 saturated carbocycles. The van der Waals surface area contributed by atoms with E-state index >= 15 is 0 Å². The first-order valence-electron chi connectivity index (χ1n) is 8.82. The van der Waals surface area contributed by atoms with E-state index in [1.165, 1.54) is 6.26 Å². The second kappa shape index (κ2) is 8.04. The third-order valence-electron chi connectivity index (χ3n) is 4.25. The number of piperazine rings is 1. The summed E-state index contributed by atoms with van der Waals surface area (Å²) < 4.78 is 5.18. The van der Waals surface area contributed by atoms with Crippen LogP contribution in [0.25, 0.3) is 0 Å². The topological polar surface area (TPSA) is 90.2 Å². The summed E-state index contributed by atoms with van der Waals surface area (Å²) in [5.41, 5.74) is 0. The van der Waals surface area contributed by atoms with Crippen molar-refractivity contribution in [3.8, 4) is 0 Å². The van der Waals surface area contributed by atoms with Gasteiger partial charge >= 0.3 is 0 Å². The number of carbonyl (C=O) groups is 2. The van der Waals surface area contributed by atoms with Crippen LogP contribution in [0.3, 0.4) is 0 Å². The SMILES string of the molecule is CCNC(=NCC(=O)NC1CC1)N1CCN(C(=O)c2ccco2)CC1. The van der Waals surface area contributed by atoms with E-state index < -0.39 is 0 Å². The maximum atomic E-state index is 12.3. The van der Waals surface area contributed by atoms with E-state index in [-0.39, 0.29) is 18.4 Å². The molecule has 8 heteroatoms. The van der Waals surface area contributed by atoms with Crippen molar-refractivity contribution >= 4 is 17.8 Å². The summed E-state index contributed by atoms with van der Waals surface area (Å²) in [6.45, 7) is 5.39. The van der Waals surface area contributed by atoms with Crippen LogP contribution < -0.4 is 10.6 Å². The molecule has 0 unspecified atom stereocenters. The Bertz CT molecular complexity index is 616. The van der Waals surface area contributed by atoms with Gasteiger partial charge in [-0.1, -0.05) is 0 Å². The lowest BCUT2D eigenvalue weighted by atomic mass is 10.3. The van der Waals surface area contributed by atoms with Crippen LogP contribution in [-0.4, -0.2) is 72.9 Å². The number of hydrogen-bond donors (Lipinski definition) is 2. The Morgan fingerprint density at radius 3 is 2.56 bits per heavy atom. The summed E-state index contributed by atoms with van der Waals surface area (Å²) in [5.74, 6) is 0.962. The lowest BCUT2D eigenvalue weighted by Crippen LogP contribution is -2.54. The van der Waals surface area contributed by atoms with Gasteiger partial charge < -0.3 is 24.9 Å². The standard InChI is InChI=1S/C17H25N5O3/c1-2-18-17(19-12-15(23)20-13-5-6-13)22-9-7-21(8-10-22)16(24)14-4-3-11-25-14/h3-4,11,13H,2,5-10,12H2,1H3,(H,18,19)(H,20,23). The van der Waals surface area contributed by atoms with E-state index in [2.05, 4.69) is 20.5 Å². The molecule has 1 saturated heterocycles. The van der Waals surface area contributed by atoms with Crippen LogP contribution in [-0.2, 0) is 4.79 Å². The smallest absolute Gasteiger partial charge is 0.289 e. The fraction of sp³-hybridized carbons (Fsp3) is 0.588. The van der Waals surface area contributed by atoms with Crippen LogP contribution >= 0.6 is 0 Å². The van der Waals surface area contributed by atoms with Crippen molar-refractivity contribution in [2.45, 2.75) is 25.8 Å². The quantitative estimate of drug-likeness (QED) is 0.590. The van der Waals surface area contributed by atoms with E-state index in [1.807, 2.05) is 6.92 Å². The van der Waals surface area contributed by atoms with E-state index in [1.54, 1.807) is 17.0 Å². The van der Waals surface area contributed by atoms with Crippen molar-refractivity contribution in [3.63, 3.8) is 0 Å². The highest BCUT2D eigenvalue weighted by molar-refractivity contribution is 5.91. The van der Waals surface area contributed by atoms with Crippen molar-refractivity contribution in [3.05, 3.63) is 24.2 Å². The van der Waals surface area contributed by atoms with Crippen LogP contribution in [0.1, 0.15) is 30.3 Å². The number of aliphatic imine (C=N–C) groups is 1. The number of hydrogen-bond acceptors (Lipinski definition) is 4. The predicted molar refractivity (Wildman–Crippen MR) is 93.3 cm³/mol. The Balaban J connectivity index is 1.52. The average molecular weight is 347 g/mol. The van der Waals surface area contributed by atoms with Gasteiger partial charge in [-0.25, -0.2) is 4.99 Å². The van der Waals surface area contributed by atoms with E-state index in [0.717, 1.165) is 25.3 Å². The van der Waals surface area contributed by atoms with Gasteiger partial charge in [-0.15, -0.1) is 0 Å². The zero-order valence-electron chi connectivity index (χ0n) is 14.5. The van der Waals surface area contributed by atoms with Crippen molar-refractivity contribution in [2.24, 2.45) is 4.99 Å². The summed E-state index contributed by atoms with van der Waals surface area (Å²) in [6.07, 6.45) is 3.65. The molecule has 1 aliphatic heterocycles. The van der Waals surface area contributed by atoms with Crippen molar-refractivity contribution in [2.75, 3.05) is 39.3 Å². The summed E-state index contributed by atoms with van der Waals surface area (Å²) in [7, 11) is 0. The Hall–Kier alpha value is -2.51. The van der Waals surface area contributed by atoms with Crippen LogP contribution in [0.4, 0.5) is 0 Å². The summed E-state index contributed by atoms with van der Waals surface area (Å²) in [5, 5.41) is 6.16. The normalized spacial score (nSPS) is 18.2. The second-order valence-corrected chi connectivity index (χ2v) is 6.27. The molecule has 2 N–H and O–H groups in total. The summed E-state index contributed by atoms with van der Waals surface area (Å²) >= 11 is 0. The van der Waals surface area contributed by atoms with Gasteiger partial charge in [-0.3, -0.25) is 9.59 Å². The number of carbonyl (C=O) groups excluding carboxylic acids is 2. The van der Waals surface area contributed by atoms with Crippen LogP contribution in [0, 0.1) is 0 Å². The molecule has 1 aliphatic carbocycles. The Labute approximate surface area is 147 Å². The molecule has 0 bridgehead atoms.